The topological polar surface area (TPSA) is 110 Å². The second-order valence-corrected chi connectivity index (χ2v) is 6.90. The summed E-state index contributed by atoms with van der Waals surface area (Å²) in [6.07, 6.45) is 1.85. The first kappa shape index (κ1) is 16.2. The van der Waals surface area contributed by atoms with E-state index in [0.29, 0.717) is 12.0 Å². The SMILES string of the molecule is O=C(O)c1ccc(S(=O)(=O)NCCc2ccc3ncoc3c2)cc1. The van der Waals surface area contributed by atoms with E-state index in [1.54, 1.807) is 0 Å². The highest BCUT2D eigenvalue weighted by Crippen LogP contribution is 2.15. The van der Waals surface area contributed by atoms with Gasteiger partial charge in [0, 0.05) is 6.54 Å². The molecule has 0 radical (unpaired) electrons. The van der Waals surface area contributed by atoms with Crippen molar-refractivity contribution in [1.29, 1.82) is 0 Å². The fourth-order valence-electron chi connectivity index (χ4n) is 2.24. The molecule has 0 aliphatic rings. The van der Waals surface area contributed by atoms with Crippen molar-refractivity contribution in [3.05, 3.63) is 60.0 Å². The molecule has 0 atom stereocenters. The molecule has 2 aromatic carbocycles. The van der Waals surface area contributed by atoms with E-state index in [1.165, 1.54) is 30.7 Å². The molecule has 0 amide bonds. The minimum atomic E-state index is -3.68. The van der Waals surface area contributed by atoms with Crippen LogP contribution in [0.25, 0.3) is 11.1 Å². The van der Waals surface area contributed by atoms with Crippen molar-refractivity contribution in [2.75, 3.05) is 6.54 Å². The number of nitrogens with one attached hydrogen (secondary N) is 1. The van der Waals surface area contributed by atoms with Crippen molar-refractivity contribution in [3.8, 4) is 0 Å². The third-order valence-electron chi connectivity index (χ3n) is 3.51. The molecular weight excluding hydrogens is 332 g/mol. The smallest absolute Gasteiger partial charge is 0.335 e. The van der Waals surface area contributed by atoms with Crippen LogP contribution >= 0.6 is 0 Å². The maximum Gasteiger partial charge on any atom is 0.335 e. The molecule has 24 heavy (non-hydrogen) atoms. The van der Waals surface area contributed by atoms with E-state index >= 15 is 0 Å². The Morgan fingerprint density at radius 1 is 1.17 bits per heavy atom. The third-order valence-corrected chi connectivity index (χ3v) is 4.99. The molecular formula is C16H14N2O5S. The minimum absolute atomic E-state index is 0.0261. The lowest BCUT2D eigenvalue weighted by molar-refractivity contribution is 0.0696. The number of aromatic carboxylic acids is 1. The van der Waals surface area contributed by atoms with E-state index < -0.39 is 16.0 Å². The van der Waals surface area contributed by atoms with E-state index in [9.17, 15) is 13.2 Å². The Hall–Kier alpha value is -2.71. The maximum atomic E-state index is 12.2. The predicted molar refractivity (Wildman–Crippen MR) is 86.3 cm³/mol. The number of carboxylic acid groups (broad SMARTS) is 1. The lowest BCUT2D eigenvalue weighted by Crippen LogP contribution is -2.26. The molecule has 1 aromatic heterocycles. The highest BCUT2D eigenvalue weighted by molar-refractivity contribution is 7.89. The zero-order chi connectivity index (χ0) is 17.2. The van der Waals surface area contributed by atoms with Crippen molar-refractivity contribution < 1.29 is 22.7 Å². The molecule has 0 bridgehead atoms. The molecule has 7 nitrogen and oxygen atoms in total. The van der Waals surface area contributed by atoms with Crippen LogP contribution in [0, 0.1) is 0 Å². The van der Waals surface area contributed by atoms with Crippen molar-refractivity contribution >= 4 is 27.1 Å². The van der Waals surface area contributed by atoms with Gasteiger partial charge in [0.25, 0.3) is 0 Å². The average Bonchev–Trinajstić information content (AvgIpc) is 3.02. The first-order chi connectivity index (χ1) is 11.5. The number of aromatic nitrogens is 1. The number of hydrogen-bond donors (Lipinski definition) is 2. The van der Waals surface area contributed by atoms with Crippen LogP contribution in [0.5, 0.6) is 0 Å². The summed E-state index contributed by atoms with van der Waals surface area (Å²) < 4.78 is 32.1. The van der Waals surface area contributed by atoms with Gasteiger partial charge in [0.1, 0.15) is 5.52 Å². The fourth-order valence-corrected chi connectivity index (χ4v) is 3.28. The highest BCUT2D eigenvalue weighted by atomic mass is 32.2. The largest absolute Gasteiger partial charge is 0.478 e. The second-order valence-electron chi connectivity index (χ2n) is 5.13. The Morgan fingerprint density at radius 3 is 2.62 bits per heavy atom. The van der Waals surface area contributed by atoms with Crippen molar-refractivity contribution in [2.24, 2.45) is 0 Å². The molecule has 0 aliphatic heterocycles. The van der Waals surface area contributed by atoms with Crippen LogP contribution in [0.15, 0.2) is 58.2 Å². The Balaban J connectivity index is 1.65. The molecule has 0 aliphatic carbocycles. The van der Waals surface area contributed by atoms with E-state index in [4.69, 9.17) is 9.52 Å². The third kappa shape index (κ3) is 3.44. The first-order valence-electron chi connectivity index (χ1n) is 7.11. The average molecular weight is 346 g/mol. The van der Waals surface area contributed by atoms with Crippen molar-refractivity contribution in [3.63, 3.8) is 0 Å². The van der Waals surface area contributed by atoms with Crippen molar-refractivity contribution in [1.82, 2.24) is 9.71 Å². The molecule has 3 rings (SSSR count). The van der Waals surface area contributed by atoms with E-state index in [1.807, 2.05) is 18.2 Å². The summed E-state index contributed by atoms with van der Waals surface area (Å²) in [7, 11) is -3.68. The predicted octanol–water partition coefficient (Wildman–Crippen LogP) is 2.05. The number of sulfonamides is 1. The van der Waals surface area contributed by atoms with Gasteiger partial charge in [-0.15, -0.1) is 0 Å². The normalized spacial score (nSPS) is 11.7. The molecule has 0 saturated carbocycles. The minimum Gasteiger partial charge on any atom is -0.478 e. The molecule has 124 valence electrons. The van der Waals surface area contributed by atoms with E-state index in [2.05, 4.69) is 9.71 Å². The van der Waals surface area contributed by atoms with Crippen LogP contribution in [-0.2, 0) is 16.4 Å². The molecule has 0 spiro atoms. The number of carbonyl (C=O) groups is 1. The quantitative estimate of drug-likeness (QED) is 0.707. The lowest BCUT2D eigenvalue weighted by Gasteiger charge is -2.07. The van der Waals surface area contributed by atoms with Crippen LogP contribution in [0.3, 0.4) is 0 Å². The van der Waals surface area contributed by atoms with Gasteiger partial charge in [0.15, 0.2) is 12.0 Å². The number of rotatable bonds is 6. The summed E-state index contributed by atoms with van der Waals surface area (Å²) in [5.74, 6) is -1.10. The van der Waals surface area contributed by atoms with Crippen LogP contribution in [-0.4, -0.2) is 31.0 Å². The Bertz CT molecular complexity index is 977. The number of nitrogens with zero attached hydrogens (tertiary/aromatic N) is 1. The molecule has 1 heterocycles. The number of oxazole rings is 1. The zero-order valence-electron chi connectivity index (χ0n) is 12.5. The lowest BCUT2D eigenvalue weighted by atomic mass is 10.1. The maximum absolute atomic E-state index is 12.2. The van der Waals surface area contributed by atoms with Crippen LogP contribution < -0.4 is 4.72 Å². The second kappa shape index (κ2) is 6.42. The number of benzene rings is 2. The van der Waals surface area contributed by atoms with Gasteiger partial charge in [-0.1, -0.05) is 6.07 Å². The van der Waals surface area contributed by atoms with Gasteiger partial charge < -0.3 is 9.52 Å². The summed E-state index contributed by atoms with van der Waals surface area (Å²) in [6.45, 7) is 0.211. The molecule has 3 aromatic rings. The summed E-state index contributed by atoms with van der Waals surface area (Å²) in [5.41, 5.74) is 2.36. The molecule has 0 fully saturated rings. The molecule has 8 heteroatoms. The summed E-state index contributed by atoms with van der Waals surface area (Å²) in [6, 6.07) is 10.6. The first-order valence-corrected chi connectivity index (χ1v) is 8.59. The van der Waals surface area contributed by atoms with Gasteiger partial charge in [0.05, 0.1) is 10.5 Å². The Kier molecular flexibility index (Phi) is 4.32. The zero-order valence-corrected chi connectivity index (χ0v) is 13.3. The Morgan fingerprint density at radius 2 is 1.92 bits per heavy atom. The highest BCUT2D eigenvalue weighted by Gasteiger charge is 2.14. The van der Waals surface area contributed by atoms with Gasteiger partial charge in [-0.05, 0) is 48.4 Å². The van der Waals surface area contributed by atoms with Crippen LogP contribution in [0.4, 0.5) is 0 Å². The van der Waals surface area contributed by atoms with E-state index in [-0.39, 0.29) is 17.0 Å². The summed E-state index contributed by atoms with van der Waals surface area (Å²) >= 11 is 0. The van der Waals surface area contributed by atoms with E-state index in [0.717, 1.165) is 11.1 Å². The molecule has 0 unspecified atom stereocenters. The standard InChI is InChI=1S/C16H14N2O5S/c19-16(20)12-2-4-13(5-3-12)24(21,22)18-8-7-11-1-6-14-15(9-11)23-10-17-14/h1-6,9-10,18H,7-8H2,(H,19,20). The van der Waals surface area contributed by atoms with Crippen molar-refractivity contribution in [2.45, 2.75) is 11.3 Å². The van der Waals surface area contributed by atoms with Crippen LogP contribution in [0.2, 0.25) is 0 Å². The number of fused-ring (bicyclic) bond motifs is 1. The number of carboxylic acids is 1. The summed E-state index contributed by atoms with van der Waals surface area (Å²) in [5, 5.41) is 8.83. The molecule has 2 N–H and O–H groups in total. The fraction of sp³-hybridized carbons (Fsp3) is 0.125. The number of hydrogen-bond acceptors (Lipinski definition) is 5. The monoisotopic (exact) mass is 346 g/mol. The van der Waals surface area contributed by atoms with Gasteiger partial charge in [-0.25, -0.2) is 22.9 Å². The molecule has 0 saturated heterocycles. The summed E-state index contributed by atoms with van der Waals surface area (Å²) in [4.78, 5) is 14.8. The van der Waals surface area contributed by atoms with Crippen LogP contribution in [0.1, 0.15) is 15.9 Å². The van der Waals surface area contributed by atoms with Gasteiger partial charge in [0.2, 0.25) is 10.0 Å². The van der Waals surface area contributed by atoms with Gasteiger partial charge in [-0.2, -0.15) is 0 Å². The van der Waals surface area contributed by atoms with Gasteiger partial charge in [-0.3, -0.25) is 0 Å². The Labute approximate surface area is 138 Å². The van der Waals surface area contributed by atoms with Gasteiger partial charge >= 0.3 is 5.97 Å².